The van der Waals surface area contributed by atoms with E-state index in [1.54, 1.807) is 24.3 Å². The molecule has 1 atom stereocenters. The second-order valence-electron chi connectivity index (χ2n) is 6.06. The Kier molecular flexibility index (Phi) is 4.73. The molecule has 1 aliphatic rings. The zero-order valence-electron chi connectivity index (χ0n) is 14.1. The summed E-state index contributed by atoms with van der Waals surface area (Å²) in [4.78, 5) is 36.2. The van der Waals surface area contributed by atoms with E-state index in [1.807, 2.05) is 18.2 Å². The number of hydrogen-bond donors (Lipinski definition) is 3. The van der Waals surface area contributed by atoms with E-state index in [1.165, 1.54) is 11.8 Å². The molecule has 1 heterocycles. The van der Waals surface area contributed by atoms with Crippen molar-refractivity contribution < 1.29 is 24.6 Å². The predicted molar refractivity (Wildman–Crippen MR) is 94.6 cm³/mol. The van der Waals surface area contributed by atoms with Crippen molar-refractivity contribution in [1.29, 1.82) is 0 Å². The first-order valence-corrected chi connectivity index (χ1v) is 8.07. The number of anilines is 1. The minimum Gasteiger partial charge on any atom is -0.480 e. The fourth-order valence-electron chi connectivity index (χ4n) is 3.12. The largest absolute Gasteiger partial charge is 0.480 e. The second kappa shape index (κ2) is 6.97. The number of aliphatic hydroxyl groups is 1. The molecule has 0 fully saturated rings. The van der Waals surface area contributed by atoms with Crippen molar-refractivity contribution in [2.24, 2.45) is 0 Å². The quantitative estimate of drug-likeness (QED) is 0.758. The number of benzene rings is 2. The summed E-state index contributed by atoms with van der Waals surface area (Å²) >= 11 is 0. The lowest BCUT2D eigenvalue weighted by molar-refractivity contribution is -0.143. The van der Waals surface area contributed by atoms with E-state index in [0.717, 1.165) is 16.7 Å². The van der Waals surface area contributed by atoms with Crippen LogP contribution in [-0.4, -0.2) is 45.5 Å². The van der Waals surface area contributed by atoms with Gasteiger partial charge >= 0.3 is 5.97 Å². The third-order valence-corrected chi connectivity index (χ3v) is 4.35. The van der Waals surface area contributed by atoms with Gasteiger partial charge in [0.25, 0.3) is 5.91 Å². The maximum absolute atomic E-state index is 12.6. The molecule has 0 bridgehead atoms. The first-order valence-electron chi connectivity index (χ1n) is 8.07. The van der Waals surface area contributed by atoms with Gasteiger partial charge < -0.3 is 20.4 Å². The monoisotopic (exact) mass is 354 g/mol. The van der Waals surface area contributed by atoms with Crippen molar-refractivity contribution in [2.45, 2.75) is 19.5 Å². The van der Waals surface area contributed by atoms with Crippen LogP contribution >= 0.6 is 0 Å². The summed E-state index contributed by atoms with van der Waals surface area (Å²) in [6.45, 7) is 0.906. The number of carboxylic acids is 1. The van der Waals surface area contributed by atoms with Crippen LogP contribution in [0.15, 0.2) is 42.5 Å². The smallest absolute Gasteiger partial charge is 0.328 e. The predicted octanol–water partition coefficient (Wildman–Crippen LogP) is 1.71. The van der Waals surface area contributed by atoms with E-state index in [9.17, 15) is 24.6 Å². The molecule has 3 N–H and O–H groups in total. The Morgan fingerprint density at radius 1 is 1.15 bits per heavy atom. The van der Waals surface area contributed by atoms with Crippen LogP contribution in [0.2, 0.25) is 0 Å². The fourth-order valence-corrected chi connectivity index (χ4v) is 3.12. The summed E-state index contributed by atoms with van der Waals surface area (Å²) in [7, 11) is 0. The van der Waals surface area contributed by atoms with Gasteiger partial charge in [0.1, 0.15) is 0 Å². The molecule has 0 aliphatic carbocycles. The van der Waals surface area contributed by atoms with E-state index in [0.29, 0.717) is 11.3 Å². The van der Waals surface area contributed by atoms with Gasteiger partial charge in [0, 0.05) is 24.7 Å². The van der Waals surface area contributed by atoms with Gasteiger partial charge in [-0.15, -0.1) is 0 Å². The Bertz CT molecular complexity index is 876. The summed E-state index contributed by atoms with van der Waals surface area (Å²) in [5.74, 6) is -1.81. The first kappa shape index (κ1) is 17.6. The minimum atomic E-state index is -1.27. The standard InChI is InChI=1S/C19H18N2O5/c1-11(23)20-13-7-5-12(6-8-13)14-3-2-4-15-16(14)9-21(18(15)24)17(10-22)19(25)26/h2-8,17,22H,9-10H2,1H3,(H,20,23)(H,25,26)/t17-/m0/s1. The van der Waals surface area contributed by atoms with Crippen LogP contribution in [0.5, 0.6) is 0 Å². The van der Waals surface area contributed by atoms with Crippen molar-refractivity contribution in [3.8, 4) is 11.1 Å². The van der Waals surface area contributed by atoms with E-state index >= 15 is 0 Å². The molecule has 7 heteroatoms. The molecule has 0 saturated carbocycles. The van der Waals surface area contributed by atoms with Crippen molar-refractivity contribution in [3.63, 3.8) is 0 Å². The number of fused-ring (bicyclic) bond motifs is 1. The van der Waals surface area contributed by atoms with Gasteiger partial charge in [-0.25, -0.2) is 4.79 Å². The highest BCUT2D eigenvalue weighted by Crippen LogP contribution is 2.34. The lowest BCUT2D eigenvalue weighted by atomic mass is 9.97. The molecule has 0 radical (unpaired) electrons. The van der Waals surface area contributed by atoms with Gasteiger partial charge in [0.05, 0.1) is 6.61 Å². The zero-order valence-corrected chi connectivity index (χ0v) is 14.1. The van der Waals surface area contributed by atoms with E-state index in [-0.39, 0.29) is 12.5 Å². The summed E-state index contributed by atoms with van der Waals surface area (Å²) < 4.78 is 0. The number of aliphatic carboxylic acids is 1. The molecule has 0 spiro atoms. The first-order chi connectivity index (χ1) is 12.4. The highest BCUT2D eigenvalue weighted by Gasteiger charge is 2.37. The van der Waals surface area contributed by atoms with Crippen LogP contribution in [-0.2, 0) is 16.1 Å². The average molecular weight is 354 g/mol. The molecule has 0 saturated heterocycles. The summed E-state index contributed by atoms with van der Waals surface area (Å²) in [6, 6.07) is 11.2. The van der Waals surface area contributed by atoms with Gasteiger partial charge in [-0.1, -0.05) is 24.3 Å². The summed E-state index contributed by atoms with van der Waals surface area (Å²) in [6.07, 6.45) is 0. The Labute approximate surface area is 149 Å². The number of carboxylic acid groups (broad SMARTS) is 1. The Morgan fingerprint density at radius 3 is 2.38 bits per heavy atom. The molecule has 1 aliphatic heterocycles. The Morgan fingerprint density at radius 2 is 1.81 bits per heavy atom. The third-order valence-electron chi connectivity index (χ3n) is 4.35. The molecule has 2 aromatic carbocycles. The number of aliphatic hydroxyl groups excluding tert-OH is 1. The maximum Gasteiger partial charge on any atom is 0.328 e. The molecule has 134 valence electrons. The zero-order chi connectivity index (χ0) is 18.8. The Balaban J connectivity index is 1.96. The number of hydrogen-bond acceptors (Lipinski definition) is 4. The van der Waals surface area contributed by atoms with Crippen LogP contribution in [0.25, 0.3) is 11.1 Å². The molecule has 7 nitrogen and oxygen atoms in total. The van der Waals surface area contributed by atoms with Crippen molar-refractivity contribution in [1.82, 2.24) is 4.90 Å². The van der Waals surface area contributed by atoms with E-state index < -0.39 is 24.5 Å². The van der Waals surface area contributed by atoms with Crippen molar-refractivity contribution in [2.75, 3.05) is 11.9 Å². The van der Waals surface area contributed by atoms with Gasteiger partial charge in [0.2, 0.25) is 5.91 Å². The fraction of sp³-hybridized carbons (Fsp3) is 0.211. The SMILES string of the molecule is CC(=O)Nc1ccc(-c2cccc3c2CN([C@@H](CO)C(=O)O)C3=O)cc1. The number of nitrogens with one attached hydrogen (secondary N) is 1. The van der Waals surface area contributed by atoms with Crippen molar-refractivity contribution in [3.05, 3.63) is 53.6 Å². The van der Waals surface area contributed by atoms with Crippen LogP contribution < -0.4 is 5.32 Å². The van der Waals surface area contributed by atoms with Crippen LogP contribution in [0, 0.1) is 0 Å². The van der Waals surface area contributed by atoms with Crippen LogP contribution in [0.3, 0.4) is 0 Å². The van der Waals surface area contributed by atoms with Crippen molar-refractivity contribution >= 4 is 23.5 Å². The van der Waals surface area contributed by atoms with Gasteiger partial charge in [-0.05, 0) is 34.9 Å². The van der Waals surface area contributed by atoms with Gasteiger partial charge in [-0.3, -0.25) is 9.59 Å². The number of amides is 2. The van der Waals surface area contributed by atoms with Crippen LogP contribution in [0.4, 0.5) is 5.69 Å². The van der Waals surface area contributed by atoms with E-state index in [2.05, 4.69) is 5.32 Å². The third kappa shape index (κ3) is 3.16. The number of nitrogens with zero attached hydrogens (tertiary/aromatic N) is 1. The molecule has 26 heavy (non-hydrogen) atoms. The lowest BCUT2D eigenvalue weighted by Crippen LogP contribution is -2.43. The number of carbonyl (C=O) groups excluding carboxylic acids is 2. The second-order valence-corrected chi connectivity index (χ2v) is 6.06. The maximum atomic E-state index is 12.6. The van der Waals surface area contributed by atoms with Crippen LogP contribution in [0.1, 0.15) is 22.8 Å². The summed E-state index contributed by atoms with van der Waals surface area (Å²) in [5, 5.41) is 21.3. The number of rotatable bonds is 5. The average Bonchev–Trinajstić information content (AvgIpc) is 2.93. The normalized spacial score (nSPS) is 14.1. The molecule has 3 rings (SSSR count). The molecule has 2 aromatic rings. The molecular weight excluding hydrogens is 336 g/mol. The summed E-state index contributed by atoms with van der Waals surface area (Å²) in [5.41, 5.74) is 3.49. The minimum absolute atomic E-state index is 0.120. The highest BCUT2D eigenvalue weighted by molar-refractivity contribution is 6.02. The molecule has 2 amide bonds. The molecular formula is C19H18N2O5. The van der Waals surface area contributed by atoms with Gasteiger partial charge in [0.15, 0.2) is 6.04 Å². The molecule has 0 unspecified atom stereocenters. The lowest BCUT2D eigenvalue weighted by Gasteiger charge is -2.22. The van der Waals surface area contributed by atoms with Gasteiger partial charge in [-0.2, -0.15) is 0 Å². The Hall–Kier alpha value is -3.19. The number of carbonyl (C=O) groups is 3. The highest BCUT2D eigenvalue weighted by atomic mass is 16.4. The molecule has 0 aromatic heterocycles. The van der Waals surface area contributed by atoms with E-state index in [4.69, 9.17) is 0 Å². The topological polar surface area (TPSA) is 107 Å².